The van der Waals surface area contributed by atoms with Crippen molar-refractivity contribution < 1.29 is 0 Å². The Morgan fingerprint density at radius 3 is 2.71 bits per heavy atom. The lowest BCUT2D eigenvalue weighted by Gasteiger charge is -2.06. The van der Waals surface area contributed by atoms with Gasteiger partial charge in [-0.05, 0) is 42.0 Å². The number of benzene rings is 1. The van der Waals surface area contributed by atoms with Crippen LogP contribution in [0.15, 0.2) is 18.2 Å². The van der Waals surface area contributed by atoms with E-state index < -0.39 is 0 Å². The van der Waals surface area contributed by atoms with Crippen LogP contribution in [0.2, 0.25) is 0 Å². The van der Waals surface area contributed by atoms with Gasteiger partial charge in [0.05, 0.1) is 11.4 Å². The lowest BCUT2D eigenvalue weighted by atomic mass is 10.2. The Hall–Kier alpha value is -1.91. The molecule has 1 aromatic carbocycles. The number of hydrogen-bond donors (Lipinski definition) is 1. The lowest BCUT2D eigenvalue weighted by molar-refractivity contribution is 0.780. The summed E-state index contributed by atoms with van der Waals surface area (Å²) in [5.74, 6) is 0.724. The molecule has 2 rings (SSSR count). The summed E-state index contributed by atoms with van der Waals surface area (Å²) >= 11 is 0. The maximum atomic E-state index is 5.83. The summed E-state index contributed by atoms with van der Waals surface area (Å²) in [5, 5.41) is 11.2. The van der Waals surface area contributed by atoms with Crippen molar-refractivity contribution in [2.45, 2.75) is 13.8 Å². The zero-order valence-electron chi connectivity index (χ0n) is 8.10. The number of nitrogens with two attached hydrogens (primary N) is 1. The van der Waals surface area contributed by atoms with E-state index in [4.69, 9.17) is 5.73 Å². The van der Waals surface area contributed by atoms with E-state index in [0.29, 0.717) is 5.69 Å². The van der Waals surface area contributed by atoms with Crippen LogP contribution >= 0.6 is 0 Å². The Balaban J connectivity index is 2.62. The van der Waals surface area contributed by atoms with Crippen molar-refractivity contribution >= 4 is 5.69 Å². The molecule has 5 nitrogen and oxygen atoms in total. The molecule has 0 spiro atoms. The summed E-state index contributed by atoms with van der Waals surface area (Å²) in [6.07, 6.45) is 0. The Labute approximate surface area is 81.5 Å². The molecule has 5 heteroatoms. The monoisotopic (exact) mass is 189 g/mol. The molecule has 0 aliphatic heterocycles. The highest BCUT2D eigenvalue weighted by Gasteiger charge is 2.06. The highest BCUT2D eigenvalue weighted by atomic mass is 15.5. The smallest absolute Gasteiger partial charge is 0.153 e. The number of tetrazole rings is 1. The van der Waals surface area contributed by atoms with Crippen molar-refractivity contribution in [1.82, 2.24) is 20.2 Å². The van der Waals surface area contributed by atoms with Crippen LogP contribution in [-0.2, 0) is 0 Å². The Kier molecular flexibility index (Phi) is 1.92. The van der Waals surface area contributed by atoms with Crippen LogP contribution in [0.5, 0.6) is 0 Å². The molecule has 72 valence electrons. The van der Waals surface area contributed by atoms with E-state index in [0.717, 1.165) is 17.1 Å². The Morgan fingerprint density at radius 1 is 1.29 bits per heavy atom. The minimum absolute atomic E-state index is 0.672. The molecule has 0 bridgehead atoms. The maximum absolute atomic E-state index is 5.83. The van der Waals surface area contributed by atoms with E-state index in [2.05, 4.69) is 15.5 Å². The fraction of sp³-hybridized carbons (Fsp3) is 0.222. The minimum Gasteiger partial charge on any atom is -0.397 e. The van der Waals surface area contributed by atoms with Crippen molar-refractivity contribution in [1.29, 1.82) is 0 Å². The summed E-state index contributed by atoms with van der Waals surface area (Å²) in [6, 6.07) is 5.77. The third kappa shape index (κ3) is 1.32. The fourth-order valence-electron chi connectivity index (χ4n) is 1.29. The van der Waals surface area contributed by atoms with E-state index in [1.54, 1.807) is 4.68 Å². The molecule has 0 radical (unpaired) electrons. The van der Waals surface area contributed by atoms with E-state index in [9.17, 15) is 0 Å². The third-order valence-corrected chi connectivity index (χ3v) is 2.04. The van der Waals surface area contributed by atoms with Gasteiger partial charge < -0.3 is 5.73 Å². The Bertz CT molecular complexity index is 460. The molecular formula is C9H11N5. The zero-order valence-corrected chi connectivity index (χ0v) is 8.10. The molecule has 0 saturated carbocycles. The second-order valence-electron chi connectivity index (χ2n) is 3.20. The van der Waals surface area contributed by atoms with Gasteiger partial charge in [-0.25, -0.2) is 0 Å². The standard InChI is InChI=1S/C9H11N5/c1-6-3-4-8(10)9(5-6)14-7(2)11-12-13-14/h3-5H,10H2,1-2H3. The first-order valence-electron chi connectivity index (χ1n) is 4.30. The van der Waals surface area contributed by atoms with Crippen LogP contribution in [0.4, 0.5) is 5.69 Å². The summed E-state index contributed by atoms with van der Waals surface area (Å²) in [7, 11) is 0. The average molecular weight is 189 g/mol. The van der Waals surface area contributed by atoms with Gasteiger partial charge in [-0.3, -0.25) is 0 Å². The van der Waals surface area contributed by atoms with Crippen LogP contribution in [0.25, 0.3) is 5.69 Å². The van der Waals surface area contributed by atoms with Crippen molar-refractivity contribution in [2.24, 2.45) is 0 Å². The average Bonchev–Trinajstić information content (AvgIpc) is 2.56. The molecular weight excluding hydrogens is 178 g/mol. The molecule has 2 N–H and O–H groups in total. The van der Waals surface area contributed by atoms with E-state index in [1.807, 2.05) is 32.0 Å². The van der Waals surface area contributed by atoms with Gasteiger partial charge >= 0.3 is 0 Å². The number of nitrogens with zero attached hydrogens (tertiary/aromatic N) is 4. The molecule has 1 aromatic heterocycles. The third-order valence-electron chi connectivity index (χ3n) is 2.04. The number of aromatic nitrogens is 4. The molecule has 0 amide bonds. The van der Waals surface area contributed by atoms with Crippen LogP contribution < -0.4 is 5.73 Å². The van der Waals surface area contributed by atoms with Gasteiger partial charge in [0.2, 0.25) is 0 Å². The van der Waals surface area contributed by atoms with Gasteiger partial charge in [-0.15, -0.1) is 5.10 Å². The summed E-state index contributed by atoms with van der Waals surface area (Å²) in [6.45, 7) is 3.84. The van der Waals surface area contributed by atoms with Gasteiger partial charge in [-0.2, -0.15) is 4.68 Å². The van der Waals surface area contributed by atoms with Gasteiger partial charge in [0, 0.05) is 0 Å². The number of aryl methyl sites for hydroxylation is 2. The molecule has 0 fully saturated rings. The number of nitrogen functional groups attached to an aromatic ring is 1. The van der Waals surface area contributed by atoms with Crippen molar-refractivity contribution in [2.75, 3.05) is 5.73 Å². The molecule has 0 atom stereocenters. The van der Waals surface area contributed by atoms with E-state index in [-0.39, 0.29) is 0 Å². The molecule has 0 saturated heterocycles. The quantitative estimate of drug-likeness (QED) is 0.675. The van der Waals surface area contributed by atoms with Crippen molar-refractivity contribution in [3.63, 3.8) is 0 Å². The second-order valence-corrected chi connectivity index (χ2v) is 3.20. The molecule has 1 heterocycles. The summed E-state index contributed by atoms with van der Waals surface area (Å²) in [4.78, 5) is 0. The van der Waals surface area contributed by atoms with Gasteiger partial charge in [-0.1, -0.05) is 6.07 Å². The Morgan fingerprint density at radius 2 is 2.07 bits per heavy atom. The normalized spacial score (nSPS) is 10.4. The van der Waals surface area contributed by atoms with Gasteiger partial charge in [0.1, 0.15) is 0 Å². The predicted octanol–water partition coefficient (Wildman–Crippen LogP) is 0.861. The molecule has 0 aliphatic carbocycles. The fourth-order valence-corrected chi connectivity index (χ4v) is 1.29. The molecule has 14 heavy (non-hydrogen) atoms. The highest BCUT2D eigenvalue weighted by Crippen LogP contribution is 2.17. The molecule has 0 aliphatic rings. The molecule has 0 unspecified atom stereocenters. The van der Waals surface area contributed by atoms with E-state index in [1.165, 1.54) is 0 Å². The predicted molar refractivity (Wildman–Crippen MR) is 53.0 cm³/mol. The first-order valence-corrected chi connectivity index (χ1v) is 4.30. The number of hydrogen-bond acceptors (Lipinski definition) is 4. The van der Waals surface area contributed by atoms with Gasteiger partial charge in [0.25, 0.3) is 0 Å². The number of rotatable bonds is 1. The summed E-state index contributed by atoms with van der Waals surface area (Å²) < 4.78 is 1.63. The highest BCUT2D eigenvalue weighted by molar-refractivity contribution is 5.58. The maximum Gasteiger partial charge on any atom is 0.153 e. The van der Waals surface area contributed by atoms with Crippen molar-refractivity contribution in [3.8, 4) is 5.69 Å². The lowest BCUT2D eigenvalue weighted by Crippen LogP contribution is -2.03. The largest absolute Gasteiger partial charge is 0.397 e. The van der Waals surface area contributed by atoms with Crippen molar-refractivity contribution in [3.05, 3.63) is 29.6 Å². The van der Waals surface area contributed by atoms with Crippen LogP contribution in [0.3, 0.4) is 0 Å². The first-order chi connectivity index (χ1) is 6.68. The molecule has 2 aromatic rings. The van der Waals surface area contributed by atoms with Crippen LogP contribution in [0.1, 0.15) is 11.4 Å². The zero-order chi connectivity index (χ0) is 10.1. The first kappa shape index (κ1) is 8.68. The summed E-state index contributed by atoms with van der Waals surface area (Å²) in [5.41, 5.74) is 8.46. The van der Waals surface area contributed by atoms with E-state index >= 15 is 0 Å². The SMILES string of the molecule is Cc1ccc(N)c(-n2nnnc2C)c1. The minimum atomic E-state index is 0.672. The van der Waals surface area contributed by atoms with Gasteiger partial charge in [0.15, 0.2) is 5.82 Å². The van der Waals surface area contributed by atoms with Crippen LogP contribution in [-0.4, -0.2) is 20.2 Å². The number of anilines is 1. The second kappa shape index (κ2) is 3.10. The topological polar surface area (TPSA) is 69.6 Å². The van der Waals surface area contributed by atoms with Crippen LogP contribution in [0, 0.1) is 13.8 Å².